The van der Waals surface area contributed by atoms with Crippen molar-refractivity contribution < 1.29 is 9.84 Å². The number of hydrogen-bond donors (Lipinski definition) is 1. The van der Waals surface area contributed by atoms with Gasteiger partial charge in [0.2, 0.25) is 0 Å². The van der Waals surface area contributed by atoms with Crippen LogP contribution in [0.4, 0.5) is 0 Å². The first-order chi connectivity index (χ1) is 8.76. The zero-order valence-corrected chi connectivity index (χ0v) is 11.5. The lowest BCUT2D eigenvalue weighted by Crippen LogP contribution is -1.93. The van der Waals surface area contributed by atoms with Gasteiger partial charge in [-0.05, 0) is 18.2 Å². The molecule has 94 valence electrons. The van der Waals surface area contributed by atoms with Crippen LogP contribution in [-0.2, 0) is 6.61 Å². The molecule has 0 radical (unpaired) electrons. The van der Waals surface area contributed by atoms with Gasteiger partial charge in [0.15, 0.2) is 0 Å². The van der Waals surface area contributed by atoms with E-state index in [1.807, 2.05) is 42.5 Å². The van der Waals surface area contributed by atoms with Crippen LogP contribution in [0, 0.1) is 0 Å². The number of ether oxygens (including phenoxy) is 1. The zero-order valence-electron chi connectivity index (χ0n) is 9.89. The normalized spacial score (nSPS) is 10.4. The number of rotatable bonds is 4. The third kappa shape index (κ3) is 2.80. The van der Waals surface area contributed by atoms with E-state index in [-0.39, 0.29) is 6.61 Å². The minimum atomic E-state index is -0.0416. The monoisotopic (exact) mass is 280 g/mol. The number of hydrogen-bond acceptors (Lipinski definition) is 3. The predicted octanol–water partition coefficient (Wildman–Crippen LogP) is 3.99. The Balaban J connectivity index is 2.37. The lowest BCUT2D eigenvalue weighted by atomic mass is 10.2. The Bertz CT molecular complexity index is 543. The minimum absolute atomic E-state index is 0.0416. The Kier molecular flexibility index (Phi) is 4.53. The van der Waals surface area contributed by atoms with Crippen molar-refractivity contribution in [2.45, 2.75) is 16.4 Å². The van der Waals surface area contributed by atoms with Crippen LogP contribution in [0.5, 0.6) is 5.75 Å². The summed E-state index contributed by atoms with van der Waals surface area (Å²) in [5.41, 5.74) is 0.773. The quantitative estimate of drug-likeness (QED) is 0.918. The first-order valence-electron chi connectivity index (χ1n) is 5.45. The second kappa shape index (κ2) is 6.14. The van der Waals surface area contributed by atoms with Crippen LogP contribution in [-0.4, -0.2) is 12.2 Å². The molecule has 2 aromatic rings. The fraction of sp³-hybridized carbons (Fsp3) is 0.143. The van der Waals surface area contributed by atoms with Gasteiger partial charge < -0.3 is 9.84 Å². The highest BCUT2D eigenvalue weighted by Gasteiger charge is 2.10. The fourth-order valence-electron chi connectivity index (χ4n) is 1.64. The molecule has 0 aromatic heterocycles. The number of para-hydroxylation sites is 1. The van der Waals surface area contributed by atoms with Gasteiger partial charge in [-0.15, -0.1) is 0 Å². The molecule has 0 aliphatic rings. The number of halogens is 1. The summed E-state index contributed by atoms with van der Waals surface area (Å²) in [6, 6.07) is 13.3. The second-order valence-electron chi connectivity index (χ2n) is 3.64. The average molecular weight is 281 g/mol. The highest BCUT2D eigenvalue weighted by Crippen LogP contribution is 2.39. The van der Waals surface area contributed by atoms with Gasteiger partial charge >= 0.3 is 0 Å². The molecule has 2 aromatic carbocycles. The van der Waals surface area contributed by atoms with Crippen LogP contribution in [0.1, 0.15) is 5.56 Å². The van der Waals surface area contributed by atoms with E-state index >= 15 is 0 Å². The first kappa shape index (κ1) is 13.3. The van der Waals surface area contributed by atoms with Crippen LogP contribution >= 0.6 is 23.4 Å². The summed E-state index contributed by atoms with van der Waals surface area (Å²) < 4.78 is 5.36. The Morgan fingerprint density at radius 1 is 1.11 bits per heavy atom. The van der Waals surface area contributed by atoms with Gasteiger partial charge in [0.25, 0.3) is 0 Å². The van der Waals surface area contributed by atoms with E-state index < -0.39 is 0 Å². The summed E-state index contributed by atoms with van der Waals surface area (Å²) in [6.07, 6.45) is 0. The van der Waals surface area contributed by atoms with Crippen molar-refractivity contribution in [3.63, 3.8) is 0 Å². The van der Waals surface area contributed by atoms with Crippen molar-refractivity contribution in [1.82, 2.24) is 0 Å². The van der Waals surface area contributed by atoms with Crippen molar-refractivity contribution >= 4 is 23.4 Å². The standard InChI is InChI=1S/C14H13ClO2S/c1-17-14-10(9-16)5-4-8-13(14)18-12-7-3-2-6-11(12)15/h2-8,16H,9H2,1H3. The van der Waals surface area contributed by atoms with Crippen molar-refractivity contribution in [3.8, 4) is 5.75 Å². The van der Waals surface area contributed by atoms with Gasteiger partial charge in [-0.25, -0.2) is 0 Å². The number of aliphatic hydroxyl groups excluding tert-OH is 1. The molecular weight excluding hydrogens is 268 g/mol. The molecule has 2 nitrogen and oxygen atoms in total. The lowest BCUT2D eigenvalue weighted by Gasteiger charge is -2.12. The van der Waals surface area contributed by atoms with Gasteiger partial charge in [-0.1, -0.05) is 47.6 Å². The number of methoxy groups -OCH3 is 1. The van der Waals surface area contributed by atoms with Crippen LogP contribution in [0.2, 0.25) is 5.02 Å². The summed E-state index contributed by atoms with van der Waals surface area (Å²) in [7, 11) is 1.60. The fourth-order valence-corrected chi connectivity index (χ4v) is 2.90. The Morgan fingerprint density at radius 3 is 2.50 bits per heavy atom. The molecule has 0 saturated heterocycles. The maximum Gasteiger partial charge on any atom is 0.138 e. The van der Waals surface area contributed by atoms with E-state index in [4.69, 9.17) is 16.3 Å². The molecular formula is C14H13ClO2S. The molecule has 0 atom stereocenters. The van der Waals surface area contributed by atoms with Gasteiger partial charge in [0.05, 0.1) is 23.6 Å². The van der Waals surface area contributed by atoms with Crippen molar-refractivity contribution in [2.75, 3.05) is 7.11 Å². The molecule has 4 heteroatoms. The molecule has 0 heterocycles. The summed E-state index contributed by atoms with van der Waals surface area (Å²) >= 11 is 7.66. The average Bonchev–Trinajstić information content (AvgIpc) is 2.41. The molecule has 0 saturated carbocycles. The van der Waals surface area contributed by atoms with E-state index in [0.29, 0.717) is 10.8 Å². The minimum Gasteiger partial charge on any atom is -0.495 e. The molecule has 0 fully saturated rings. The van der Waals surface area contributed by atoms with Gasteiger partial charge in [0, 0.05) is 10.5 Å². The molecule has 0 unspecified atom stereocenters. The zero-order chi connectivity index (χ0) is 13.0. The summed E-state index contributed by atoms with van der Waals surface area (Å²) in [5, 5.41) is 9.99. The van der Waals surface area contributed by atoms with E-state index in [0.717, 1.165) is 15.4 Å². The Morgan fingerprint density at radius 2 is 1.83 bits per heavy atom. The van der Waals surface area contributed by atoms with E-state index in [1.165, 1.54) is 11.8 Å². The SMILES string of the molecule is COc1c(CO)cccc1Sc1ccccc1Cl. The molecule has 18 heavy (non-hydrogen) atoms. The first-order valence-corrected chi connectivity index (χ1v) is 6.65. The van der Waals surface area contributed by atoms with E-state index in [9.17, 15) is 5.11 Å². The third-order valence-electron chi connectivity index (χ3n) is 2.49. The van der Waals surface area contributed by atoms with Crippen molar-refractivity contribution in [3.05, 3.63) is 53.1 Å². The topological polar surface area (TPSA) is 29.5 Å². The maximum atomic E-state index is 9.28. The third-order valence-corrected chi connectivity index (χ3v) is 4.05. The van der Waals surface area contributed by atoms with E-state index in [2.05, 4.69) is 0 Å². The molecule has 0 bridgehead atoms. The number of benzene rings is 2. The predicted molar refractivity (Wildman–Crippen MR) is 74.5 cm³/mol. The van der Waals surface area contributed by atoms with Gasteiger partial charge in [-0.2, -0.15) is 0 Å². The van der Waals surface area contributed by atoms with Crippen LogP contribution in [0.3, 0.4) is 0 Å². The van der Waals surface area contributed by atoms with Crippen molar-refractivity contribution in [2.24, 2.45) is 0 Å². The Hall–Kier alpha value is -1.16. The molecule has 0 amide bonds. The van der Waals surface area contributed by atoms with Crippen molar-refractivity contribution in [1.29, 1.82) is 0 Å². The number of aliphatic hydroxyl groups is 1. The summed E-state index contributed by atoms with van der Waals surface area (Å²) in [6.45, 7) is -0.0416. The van der Waals surface area contributed by atoms with Gasteiger partial charge in [0.1, 0.15) is 5.75 Å². The van der Waals surface area contributed by atoms with E-state index in [1.54, 1.807) is 7.11 Å². The van der Waals surface area contributed by atoms with Crippen LogP contribution < -0.4 is 4.74 Å². The molecule has 0 aliphatic carbocycles. The molecule has 1 N–H and O–H groups in total. The van der Waals surface area contributed by atoms with Gasteiger partial charge in [-0.3, -0.25) is 0 Å². The highest BCUT2D eigenvalue weighted by atomic mass is 35.5. The van der Waals surface area contributed by atoms with Crippen LogP contribution in [0.25, 0.3) is 0 Å². The lowest BCUT2D eigenvalue weighted by molar-refractivity contribution is 0.272. The summed E-state index contributed by atoms with van der Waals surface area (Å²) in [5.74, 6) is 0.699. The van der Waals surface area contributed by atoms with Crippen LogP contribution in [0.15, 0.2) is 52.3 Å². The highest BCUT2D eigenvalue weighted by molar-refractivity contribution is 7.99. The maximum absolute atomic E-state index is 9.28. The molecule has 0 spiro atoms. The molecule has 2 rings (SSSR count). The smallest absolute Gasteiger partial charge is 0.138 e. The molecule has 0 aliphatic heterocycles. The largest absolute Gasteiger partial charge is 0.495 e. The second-order valence-corrected chi connectivity index (χ2v) is 5.13. The summed E-state index contributed by atoms with van der Waals surface area (Å²) in [4.78, 5) is 1.91. The Labute approximate surface area is 116 Å².